The monoisotopic (exact) mass is 188 g/mol. The molecule has 0 saturated heterocycles. The van der Waals surface area contributed by atoms with Crippen molar-refractivity contribution in [2.45, 2.75) is 19.9 Å². The van der Waals surface area contributed by atoms with Gasteiger partial charge in [-0.05, 0) is 13.8 Å². The van der Waals surface area contributed by atoms with Crippen LogP contribution in [0.25, 0.3) is 0 Å². The zero-order chi connectivity index (χ0) is 10.4. The van der Waals surface area contributed by atoms with Gasteiger partial charge in [0.1, 0.15) is 0 Å². The summed E-state index contributed by atoms with van der Waals surface area (Å²) in [6.45, 7) is 3.93. The summed E-state index contributed by atoms with van der Waals surface area (Å²) in [6.07, 6.45) is 0. The minimum atomic E-state index is -0.447. The van der Waals surface area contributed by atoms with Crippen molar-refractivity contribution in [3.8, 4) is 0 Å². The predicted octanol–water partition coefficient (Wildman–Crippen LogP) is -0.645. The van der Waals surface area contributed by atoms with E-state index in [2.05, 4.69) is 4.74 Å². The Morgan fingerprint density at radius 2 is 1.92 bits per heavy atom. The van der Waals surface area contributed by atoms with Gasteiger partial charge in [0.25, 0.3) is 0 Å². The first kappa shape index (κ1) is 11.9. The highest BCUT2D eigenvalue weighted by atomic mass is 16.5. The minimum absolute atomic E-state index is 0.0762. The van der Waals surface area contributed by atoms with Crippen LogP contribution in [0.4, 0.5) is 0 Å². The van der Waals surface area contributed by atoms with Gasteiger partial charge in [0.05, 0.1) is 20.2 Å². The molecule has 0 bridgehead atoms. The van der Waals surface area contributed by atoms with E-state index in [0.717, 1.165) is 0 Å². The zero-order valence-corrected chi connectivity index (χ0v) is 8.24. The van der Waals surface area contributed by atoms with E-state index in [1.54, 1.807) is 4.90 Å². The molecule has 0 radical (unpaired) electrons. The Hall–Kier alpha value is -1.10. The van der Waals surface area contributed by atoms with Gasteiger partial charge in [0.15, 0.2) is 0 Å². The summed E-state index contributed by atoms with van der Waals surface area (Å²) < 4.78 is 4.48. The number of rotatable bonds is 5. The third-order valence-electron chi connectivity index (χ3n) is 1.65. The number of carbonyl (C=O) groups excluding carboxylic acids is 2. The first-order valence-electron chi connectivity index (χ1n) is 4.06. The number of ether oxygens (including phenoxy) is 1. The van der Waals surface area contributed by atoms with Crippen LogP contribution in [0.15, 0.2) is 0 Å². The maximum Gasteiger partial charge on any atom is 0.319 e. The van der Waals surface area contributed by atoms with Crippen molar-refractivity contribution in [2.75, 3.05) is 20.2 Å². The second-order valence-electron chi connectivity index (χ2n) is 3.04. The molecule has 0 aliphatic carbocycles. The molecular weight excluding hydrogens is 172 g/mol. The van der Waals surface area contributed by atoms with Crippen molar-refractivity contribution < 1.29 is 14.3 Å². The summed E-state index contributed by atoms with van der Waals surface area (Å²) in [5.41, 5.74) is 5.02. The lowest BCUT2D eigenvalue weighted by Crippen LogP contribution is -2.41. The summed E-state index contributed by atoms with van der Waals surface area (Å²) in [5, 5.41) is 0. The van der Waals surface area contributed by atoms with Crippen molar-refractivity contribution in [3.63, 3.8) is 0 Å². The van der Waals surface area contributed by atoms with Gasteiger partial charge in [-0.1, -0.05) is 0 Å². The predicted molar refractivity (Wildman–Crippen MR) is 47.9 cm³/mol. The minimum Gasteiger partial charge on any atom is -0.468 e. The van der Waals surface area contributed by atoms with Gasteiger partial charge in [-0.2, -0.15) is 0 Å². The molecule has 0 aliphatic heterocycles. The molecule has 0 saturated carbocycles. The lowest BCUT2D eigenvalue weighted by atomic mass is 10.3. The van der Waals surface area contributed by atoms with E-state index < -0.39 is 5.91 Å². The van der Waals surface area contributed by atoms with Crippen LogP contribution < -0.4 is 5.73 Å². The van der Waals surface area contributed by atoms with E-state index in [9.17, 15) is 9.59 Å². The van der Waals surface area contributed by atoms with Crippen LogP contribution in [-0.2, 0) is 14.3 Å². The topological polar surface area (TPSA) is 72.6 Å². The number of nitrogens with two attached hydrogens (primary N) is 1. The molecule has 0 rings (SSSR count). The summed E-state index contributed by atoms with van der Waals surface area (Å²) in [6, 6.07) is 0.0894. The average Bonchev–Trinajstić information content (AvgIpc) is 2.02. The molecule has 1 amide bonds. The van der Waals surface area contributed by atoms with E-state index in [1.165, 1.54) is 7.11 Å². The second kappa shape index (κ2) is 5.53. The highest BCUT2D eigenvalue weighted by molar-refractivity contribution is 5.77. The second-order valence-corrected chi connectivity index (χ2v) is 3.04. The number of methoxy groups -OCH3 is 1. The lowest BCUT2D eigenvalue weighted by Gasteiger charge is -2.23. The van der Waals surface area contributed by atoms with Gasteiger partial charge in [-0.3, -0.25) is 14.5 Å². The molecule has 0 spiro atoms. The fourth-order valence-corrected chi connectivity index (χ4v) is 0.852. The highest BCUT2D eigenvalue weighted by Gasteiger charge is 2.15. The first-order chi connectivity index (χ1) is 5.97. The van der Waals surface area contributed by atoms with Crippen LogP contribution in [0.2, 0.25) is 0 Å². The summed E-state index contributed by atoms with van der Waals surface area (Å²) in [4.78, 5) is 23.2. The van der Waals surface area contributed by atoms with Gasteiger partial charge in [0, 0.05) is 6.04 Å². The van der Waals surface area contributed by atoms with Crippen molar-refractivity contribution in [1.29, 1.82) is 0 Å². The summed E-state index contributed by atoms with van der Waals surface area (Å²) in [7, 11) is 1.31. The molecule has 76 valence electrons. The zero-order valence-electron chi connectivity index (χ0n) is 8.24. The van der Waals surface area contributed by atoms with E-state index >= 15 is 0 Å². The third-order valence-corrected chi connectivity index (χ3v) is 1.65. The maximum absolute atomic E-state index is 10.9. The number of carbonyl (C=O) groups is 2. The molecule has 0 aromatic rings. The van der Waals surface area contributed by atoms with Crippen molar-refractivity contribution in [2.24, 2.45) is 5.73 Å². The normalized spacial score (nSPS) is 10.5. The number of primary amides is 1. The maximum atomic E-state index is 10.9. The molecular formula is C8H16N2O3. The Kier molecular flexibility index (Phi) is 5.06. The van der Waals surface area contributed by atoms with Gasteiger partial charge >= 0.3 is 5.97 Å². The average molecular weight is 188 g/mol. The van der Waals surface area contributed by atoms with Crippen LogP contribution in [-0.4, -0.2) is 43.0 Å². The molecule has 0 heterocycles. The number of hydrogen-bond acceptors (Lipinski definition) is 4. The molecule has 5 nitrogen and oxygen atoms in total. The van der Waals surface area contributed by atoms with Crippen LogP contribution in [0.3, 0.4) is 0 Å². The van der Waals surface area contributed by atoms with Gasteiger partial charge in [-0.15, -0.1) is 0 Å². The first-order valence-corrected chi connectivity index (χ1v) is 4.06. The van der Waals surface area contributed by atoms with Crippen LogP contribution in [0, 0.1) is 0 Å². The van der Waals surface area contributed by atoms with Crippen LogP contribution >= 0.6 is 0 Å². The quantitative estimate of drug-likeness (QED) is 0.582. The molecule has 0 fully saturated rings. The van der Waals surface area contributed by atoms with Crippen molar-refractivity contribution in [1.82, 2.24) is 4.90 Å². The Bertz CT molecular complexity index is 192. The summed E-state index contributed by atoms with van der Waals surface area (Å²) >= 11 is 0. The standard InChI is InChI=1S/C8H16N2O3/c1-6(2)10(4-7(9)11)5-8(12)13-3/h6H,4-5H2,1-3H3,(H2,9,11). The van der Waals surface area contributed by atoms with E-state index in [-0.39, 0.29) is 25.1 Å². The number of hydrogen-bond donors (Lipinski definition) is 1. The highest BCUT2D eigenvalue weighted by Crippen LogP contribution is 1.97. The smallest absolute Gasteiger partial charge is 0.319 e. The fourth-order valence-electron chi connectivity index (χ4n) is 0.852. The summed E-state index contributed by atoms with van der Waals surface area (Å²) in [5.74, 6) is -0.812. The van der Waals surface area contributed by atoms with Crippen LogP contribution in [0.1, 0.15) is 13.8 Å². The largest absolute Gasteiger partial charge is 0.468 e. The molecule has 0 aliphatic rings. The van der Waals surface area contributed by atoms with Crippen molar-refractivity contribution >= 4 is 11.9 Å². The molecule has 0 atom stereocenters. The molecule has 2 N–H and O–H groups in total. The Balaban J connectivity index is 4.09. The number of esters is 1. The van der Waals surface area contributed by atoms with E-state index in [4.69, 9.17) is 5.73 Å². The Labute approximate surface area is 77.8 Å². The number of amides is 1. The molecule has 0 unspecified atom stereocenters. The molecule has 5 heteroatoms. The van der Waals surface area contributed by atoms with Gasteiger partial charge in [-0.25, -0.2) is 0 Å². The Morgan fingerprint density at radius 3 is 2.23 bits per heavy atom. The van der Waals surface area contributed by atoms with E-state index in [1.807, 2.05) is 13.8 Å². The van der Waals surface area contributed by atoms with Crippen LogP contribution in [0.5, 0.6) is 0 Å². The molecule has 0 aromatic carbocycles. The lowest BCUT2D eigenvalue weighted by molar-refractivity contribution is -0.142. The number of nitrogens with zero attached hydrogens (tertiary/aromatic N) is 1. The Morgan fingerprint density at radius 1 is 1.38 bits per heavy atom. The molecule has 13 heavy (non-hydrogen) atoms. The van der Waals surface area contributed by atoms with Crippen molar-refractivity contribution in [3.05, 3.63) is 0 Å². The SMILES string of the molecule is COC(=O)CN(CC(N)=O)C(C)C. The molecule has 0 aromatic heterocycles. The third kappa shape index (κ3) is 5.19. The van der Waals surface area contributed by atoms with Gasteiger partial charge < -0.3 is 10.5 Å². The van der Waals surface area contributed by atoms with Gasteiger partial charge in [0.2, 0.25) is 5.91 Å². The van der Waals surface area contributed by atoms with E-state index in [0.29, 0.717) is 0 Å². The fraction of sp³-hybridized carbons (Fsp3) is 0.750.